The fourth-order valence-corrected chi connectivity index (χ4v) is 4.94. The summed E-state index contributed by atoms with van der Waals surface area (Å²) in [6.07, 6.45) is 7.65. The number of fused-ring (bicyclic) bond motifs is 2. The third-order valence-corrected chi connectivity index (χ3v) is 5.67. The molecule has 3 nitrogen and oxygen atoms in total. The van der Waals surface area contributed by atoms with Crippen molar-refractivity contribution in [3.05, 3.63) is 0 Å². The van der Waals surface area contributed by atoms with E-state index in [9.17, 15) is 4.79 Å². The summed E-state index contributed by atoms with van der Waals surface area (Å²) in [7, 11) is 0. The van der Waals surface area contributed by atoms with Gasteiger partial charge >= 0.3 is 0 Å². The summed E-state index contributed by atoms with van der Waals surface area (Å²) < 4.78 is 0. The van der Waals surface area contributed by atoms with E-state index in [1.165, 1.54) is 32.1 Å². The Morgan fingerprint density at radius 2 is 2.06 bits per heavy atom. The Hall–Kier alpha value is -0.220. The molecule has 2 saturated heterocycles. The van der Waals surface area contributed by atoms with Gasteiger partial charge in [0.15, 0.2) is 0 Å². The second-order valence-corrected chi connectivity index (χ2v) is 6.32. The van der Waals surface area contributed by atoms with Gasteiger partial charge in [0.25, 0.3) is 0 Å². The van der Waals surface area contributed by atoms with E-state index in [1.54, 1.807) is 0 Å². The number of carbonyl (C=O) groups is 1. The van der Waals surface area contributed by atoms with Crippen molar-refractivity contribution in [2.24, 2.45) is 0 Å². The number of hydrogen-bond acceptors (Lipinski definition) is 3. The van der Waals surface area contributed by atoms with Crippen LogP contribution in [-0.2, 0) is 4.79 Å². The van der Waals surface area contributed by atoms with Gasteiger partial charge in [-0.2, -0.15) is 0 Å². The topological polar surface area (TPSA) is 32.3 Å². The zero-order valence-corrected chi connectivity index (χ0v) is 10.5. The minimum atomic E-state index is 0.242. The lowest BCUT2D eigenvalue weighted by Crippen LogP contribution is -2.57. The second kappa shape index (κ2) is 4.22. The smallest absolute Gasteiger partial charge is 0.233 e. The van der Waals surface area contributed by atoms with Crippen LogP contribution in [0.25, 0.3) is 0 Å². The molecule has 2 aliphatic heterocycles. The van der Waals surface area contributed by atoms with Gasteiger partial charge in [0.05, 0.1) is 11.1 Å². The molecule has 2 heterocycles. The summed E-state index contributed by atoms with van der Waals surface area (Å²) in [4.78, 5) is 14.0. The molecule has 0 aromatic rings. The number of nitrogens with zero attached hydrogens (tertiary/aromatic N) is 1. The highest BCUT2D eigenvalue weighted by Gasteiger charge is 2.48. The highest BCUT2D eigenvalue weighted by Crippen LogP contribution is 2.42. The molecule has 0 aromatic carbocycles. The fourth-order valence-electron chi connectivity index (χ4n) is 3.43. The summed E-state index contributed by atoms with van der Waals surface area (Å²) in [6.45, 7) is 2.05. The first-order chi connectivity index (χ1) is 7.82. The lowest BCUT2D eigenvalue weighted by atomic mass is 9.81. The van der Waals surface area contributed by atoms with Crippen LogP contribution in [0.5, 0.6) is 0 Å². The number of thioether (sulfide) groups is 1. The average molecular weight is 240 g/mol. The van der Waals surface area contributed by atoms with Crippen molar-refractivity contribution in [1.29, 1.82) is 0 Å². The maximum atomic E-state index is 11.9. The molecule has 0 radical (unpaired) electrons. The molecule has 16 heavy (non-hydrogen) atoms. The molecule has 1 saturated carbocycles. The van der Waals surface area contributed by atoms with Crippen molar-refractivity contribution in [3.63, 3.8) is 0 Å². The van der Waals surface area contributed by atoms with E-state index in [2.05, 4.69) is 10.2 Å². The monoisotopic (exact) mass is 240 g/mol. The molecule has 1 amide bonds. The lowest BCUT2D eigenvalue weighted by Gasteiger charge is -2.43. The Kier molecular flexibility index (Phi) is 2.88. The minimum Gasteiger partial charge on any atom is -0.328 e. The van der Waals surface area contributed by atoms with Crippen LogP contribution in [0.1, 0.15) is 38.5 Å². The quantitative estimate of drug-likeness (QED) is 0.698. The zero-order chi connectivity index (χ0) is 11.0. The molecule has 1 atom stereocenters. The maximum absolute atomic E-state index is 11.9. The van der Waals surface area contributed by atoms with E-state index in [0.717, 1.165) is 19.5 Å². The maximum Gasteiger partial charge on any atom is 0.233 e. The molecule has 0 aromatic heterocycles. The molecule has 1 spiro atoms. The van der Waals surface area contributed by atoms with Crippen molar-refractivity contribution in [1.82, 2.24) is 10.2 Å². The molecular formula is C12H20N2OS. The molecule has 1 N–H and O–H groups in total. The van der Waals surface area contributed by atoms with E-state index in [1.807, 2.05) is 11.8 Å². The molecule has 3 aliphatic rings. The summed E-state index contributed by atoms with van der Waals surface area (Å²) in [5, 5.41) is 4.19. The predicted molar refractivity (Wildman–Crippen MR) is 66.4 cm³/mol. The van der Waals surface area contributed by atoms with Crippen LogP contribution in [-0.4, -0.2) is 40.6 Å². The minimum absolute atomic E-state index is 0.242. The van der Waals surface area contributed by atoms with Crippen LogP contribution < -0.4 is 5.32 Å². The summed E-state index contributed by atoms with van der Waals surface area (Å²) in [6, 6.07) is 0. The van der Waals surface area contributed by atoms with Gasteiger partial charge < -0.3 is 10.2 Å². The van der Waals surface area contributed by atoms with E-state index < -0.39 is 0 Å². The molecule has 0 unspecified atom stereocenters. The third-order valence-electron chi connectivity index (χ3n) is 4.24. The number of carbonyl (C=O) groups excluding carboxylic acids is 1. The highest BCUT2D eigenvalue weighted by molar-refractivity contribution is 8.01. The first-order valence-corrected chi connectivity index (χ1v) is 7.53. The summed E-state index contributed by atoms with van der Waals surface area (Å²) in [5.74, 6) is 1.07. The normalized spacial score (nSPS) is 33.9. The highest BCUT2D eigenvalue weighted by atomic mass is 32.2. The van der Waals surface area contributed by atoms with Gasteiger partial charge in [0.1, 0.15) is 0 Å². The van der Waals surface area contributed by atoms with Gasteiger partial charge in [-0.25, -0.2) is 0 Å². The number of nitrogens with one attached hydrogen (secondary N) is 1. The SMILES string of the molecule is O=C1CS[C@@H]2N1CCCNC21CCCCC1. The van der Waals surface area contributed by atoms with E-state index in [0.29, 0.717) is 17.0 Å². The largest absolute Gasteiger partial charge is 0.328 e. The molecule has 0 bridgehead atoms. The molecule has 1 aliphatic carbocycles. The molecular weight excluding hydrogens is 220 g/mol. The van der Waals surface area contributed by atoms with Crippen LogP contribution in [0, 0.1) is 0 Å². The van der Waals surface area contributed by atoms with Crippen LogP contribution in [0.3, 0.4) is 0 Å². The fraction of sp³-hybridized carbons (Fsp3) is 0.917. The third kappa shape index (κ3) is 1.66. The Balaban J connectivity index is 1.87. The van der Waals surface area contributed by atoms with E-state index >= 15 is 0 Å². The van der Waals surface area contributed by atoms with Gasteiger partial charge in [-0.05, 0) is 25.8 Å². The van der Waals surface area contributed by atoms with E-state index in [-0.39, 0.29) is 5.54 Å². The van der Waals surface area contributed by atoms with Crippen molar-refractivity contribution in [2.45, 2.75) is 49.4 Å². The Morgan fingerprint density at radius 3 is 2.88 bits per heavy atom. The molecule has 3 fully saturated rings. The van der Waals surface area contributed by atoms with Crippen LogP contribution in [0.15, 0.2) is 0 Å². The number of hydrogen-bond donors (Lipinski definition) is 1. The van der Waals surface area contributed by atoms with Gasteiger partial charge in [-0.3, -0.25) is 4.79 Å². The second-order valence-electron chi connectivity index (χ2n) is 5.25. The molecule has 90 valence electrons. The van der Waals surface area contributed by atoms with Crippen molar-refractivity contribution in [3.8, 4) is 0 Å². The standard InChI is InChI=1S/C12H20N2OS/c15-10-9-16-11-12(5-2-1-3-6-12)13-7-4-8-14(10)11/h11,13H,1-9H2/t11-/m0/s1. The van der Waals surface area contributed by atoms with Crippen molar-refractivity contribution < 1.29 is 4.79 Å². The summed E-state index contributed by atoms with van der Waals surface area (Å²) in [5.41, 5.74) is 0.242. The van der Waals surface area contributed by atoms with Crippen LogP contribution >= 0.6 is 11.8 Å². The number of amides is 1. The summed E-state index contributed by atoms with van der Waals surface area (Å²) >= 11 is 1.87. The first kappa shape index (κ1) is 10.9. The van der Waals surface area contributed by atoms with Gasteiger partial charge in [-0.1, -0.05) is 19.3 Å². The average Bonchev–Trinajstić information content (AvgIpc) is 2.59. The van der Waals surface area contributed by atoms with Crippen LogP contribution in [0.4, 0.5) is 0 Å². The van der Waals surface area contributed by atoms with Gasteiger partial charge in [0, 0.05) is 12.1 Å². The first-order valence-electron chi connectivity index (χ1n) is 6.48. The molecule has 4 heteroatoms. The van der Waals surface area contributed by atoms with Crippen molar-refractivity contribution >= 4 is 17.7 Å². The van der Waals surface area contributed by atoms with Crippen molar-refractivity contribution in [2.75, 3.05) is 18.8 Å². The Morgan fingerprint density at radius 1 is 1.25 bits per heavy atom. The van der Waals surface area contributed by atoms with Gasteiger partial charge in [-0.15, -0.1) is 11.8 Å². The lowest BCUT2D eigenvalue weighted by molar-refractivity contribution is -0.128. The number of rotatable bonds is 0. The van der Waals surface area contributed by atoms with Crippen LogP contribution in [0.2, 0.25) is 0 Å². The zero-order valence-electron chi connectivity index (χ0n) is 9.71. The predicted octanol–water partition coefficient (Wildman–Crippen LogP) is 1.58. The van der Waals surface area contributed by atoms with Gasteiger partial charge in [0.2, 0.25) is 5.91 Å². The molecule has 3 rings (SSSR count). The Labute approximate surface area is 101 Å². The van der Waals surface area contributed by atoms with E-state index in [4.69, 9.17) is 0 Å². The Bertz CT molecular complexity index is 289.